The summed E-state index contributed by atoms with van der Waals surface area (Å²) in [6.07, 6.45) is 22.1. The predicted octanol–water partition coefficient (Wildman–Crippen LogP) is 10.6. The highest BCUT2D eigenvalue weighted by Crippen LogP contribution is 2.24. The Morgan fingerprint density at radius 3 is 1.31 bits per heavy atom. The van der Waals surface area contributed by atoms with Crippen LogP contribution in [0.25, 0.3) is 22.4 Å². The number of unbranched alkanes of at least 4 members (excludes halogenated alkanes) is 11. The number of hydrogen-bond donors (Lipinski definition) is 0. The van der Waals surface area contributed by atoms with Gasteiger partial charge in [-0.1, -0.05) is 139 Å². The normalized spacial score (nSPS) is 11.1. The first-order valence-corrected chi connectivity index (χ1v) is 14.4. The molecule has 3 aromatic rings. The van der Waals surface area contributed by atoms with E-state index in [0.29, 0.717) is 0 Å². The van der Waals surface area contributed by atoms with E-state index >= 15 is 0 Å². The van der Waals surface area contributed by atoms with Crippen molar-refractivity contribution in [2.24, 2.45) is 0 Å². The Hall–Kier alpha value is -2.41. The summed E-state index contributed by atoms with van der Waals surface area (Å²) in [4.78, 5) is 4.77. The summed E-state index contributed by atoms with van der Waals surface area (Å²) in [5.41, 5.74) is 7.59. The lowest BCUT2D eigenvalue weighted by Gasteiger charge is -2.07. The SMILES string of the molecule is CCCCCCCCCc1ccc(-c2ccc(-c3ccc(CCCCCCCC)cc3)nc2)cc1. The molecule has 2 aromatic carbocycles. The highest BCUT2D eigenvalue weighted by Gasteiger charge is 2.04. The van der Waals surface area contributed by atoms with Crippen LogP contribution in [-0.2, 0) is 12.8 Å². The van der Waals surface area contributed by atoms with Gasteiger partial charge in [0.25, 0.3) is 0 Å². The molecule has 0 saturated heterocycles. The Kier molecular flexibility index (Phi) is 12.7. The van der Waals surface area contributed by atoms with E-state index in [4.69, 9.17) is 4.98 Å². The first kappa shape index (κ1) is 27.2. The van der Waals surface area contributed by atoms with Gasteiger partial charge in [-0.15, -0.1) is 0 Å². The topological polar surface area (TPSA) is 12.9 Å². The van der Waals surface area contributed by atoms with Crippen molar-refractivity contribution >= 4 is 0 Å². The number of rotatable bonds is 17. The third kappa shape index (κ3) is 10.0. The molecule has 0 fully saturated rings. The zero-order chi connectivity index (χ0) is 24.6. The number of hydrogen-bond acceptors (Lipinski definition) is 1. The quantitative estimate of drug-likeness (QED) is 0.179. The number of benzene rings is 2. The Balaban J connectivity index is 1.43. The molecule has 0 atom stereocenters. The maximum absolute atomic E-state index is 4.77. The van der Waals surface area contributed by atoms with Crippen LogP contribution in [0.1, 0.15) is 108 Å². The van der Waals surface area contributed by atoms with Gasteiger partial charge in [-0.3, -0.25) is 4.98 Å². The number of nitrogens with zero attached hydrogens (tertiary/aromatic N) is 1. The lowest BCUT2D eigenvalue weighted by molar-refractivity contribution is 0.589. The van der Waals surface area contributed by atoms with Crippen LogP contribution < -0.4 is 0 Å². The number of pyridine rings is 1. The minimum Gasteiger partial charge on any atom is -0.256 e. The van der Waals surface area contributed by atoms with Gasteiger partial charge in [0.2, 0.25) is 0 Å². The summed E-state index contributed by atoms with van der Waals surface area (Å²) in [7, 11) is 0. The third-order valence-electron chi connectivity index (χ3n) is 7.19. The lowest BCUT2D eigenvalue weighted by atomic mass is 10.0. The zero-order valence-electron chi connectivity index (χ0n) is 22.4. The van der Waals surface area contributed by atoms with Gasteiger partial charge in [-0.05, 0) is 48.4 Å². The average molecular weight is 470 g/mol. The van der Waals surface area contributed by atoms with Crippen LogP contribution in [-0.4, -0.2) is 4.98 Å². The Morgan fingerprint density at radius 1 is 0.429 bits per heavy atom. The van der Waals surface area contributed by atoms with E-state index in [9.17, 15) is 0 Å². The van der Waals surface area contributed by atoms with Crippen molar-refractivity contribution < 1.29 is 0 Å². The monoisotopic (exact) mass is 469 g/mol. The molecule has 0 N–H and O–H groups in total. The summed E-state index contributed by atoms with van der Waals surface area (Å²) in [6, 6.07) is 22.5. The molecule has 0 amide bonds. The van der Waals surface area contributed by atoms with Gasteiger partial charge in [-0.2, -0.15) is 0 Å². The van der Waals surface area contributed by atoms with E-state index in [1.165, 1.54) is 124 Å². The molecule has 0 aliphatic heterocycles. The minimum absolute atomic E-state index is 1.05. The van der Waals surface area contributed by atoms with Crippen molar-refractivity contribution in [1.82, 2.24) is 4.98 Å². The molecular weight excluding hydrogens is 422 g/mol. The molecule has 0 aliphatic carbocycles. The standard InChI is InChI=1S/C34H47N/c1-3-5-7-9-11-13-15-16-29-18-22-31(23-19-29)33-26-27-34(35-28-33)32-24-20-30(21-25-32)17-14-12-10-8-6-4-2/h18-28H,3-17H2,1-2H3. The van der Waals surface area contributed by atoms with Gasteiger partial charge in [-0.25, -0.2) is 0 Å². The Morgan fingerprint density at radius 2 is 0.857 bits per heavy atom. The van der Waals surface area contributed by atoms with E-state index < -0.39 is 0 Å². The van der Waals surface area contributed by atoms with E-state index in [1.807, 2.05) is 6.20 Å². The van der Waals surface area contributed by atoms with E-state index in [2.05, 4.69) is 74.5 Å². The van der Waals surface area contributed by atoms with Crippen molar-refractivity contribution in [2.45, 2.75) is 110 Å². The molecule has 1 heteroatoms. The van der Waals surface area contributed by atoms with E-state index in [0.717, 1.165) is 5.69 Å². The fraction of sp³-hybridized carbons (Fsp3) is 0.500. The zero-order valence-corrected chi connectivity index (χ0v) is 22.4. The van der Waals surface area contributed by atoms with Crippen LogP contribution >= 0.6 is 0 Å². The van der Waals surface area contributed by atoms with Crippen LogP contribution in [0.3, 0.4) is 0 Å². The van der Waals surface area contributed by atoms with Crippen LogP contribution in [0.5, 0.6) is 0 Å². The lowest BCUT2D eigenvalue weighted by Crippen LogP contribution is -1.89. The smallest absolute Gasteiger partial charge is 0.0702 e. The molecule has 188 valence electrons. The summed E-state index contributed by atoms with van der Waals surface area (Å²) in [6.45, 7) is 4.56. The molecule has 1 nitrogen and oxygen atoms in total. The second-order valence-electron chi connectivity index (χ2n) is 10.2. The highest BCUT2D eigenvalue weighted by molar-refractivity contribution is 5.67. The van der Waals surface area contributed by atoms with Crippen molar-refractivity contribution in [1.29, 1.82) is 0 Å². The van der Waals surface area contributed by atoms with Crippen molar-refractivity contribution in [3.05, 3.63) is 78.0 Å². The molecule has 1 aromatic heterocycles. The first-order valence-electron chi connectivity index (χ1n) is 14.4. The molecule has 0 radical (unpaired) electrons. The largest absolute Gasteiger partial charge is 0.256 e. The van der Waals surface area contributed by atoms with Gasteiger partial charge in [0.15, 0.2) is 0 Å². The Bertz CT molecular complexity index is 922. The number of aryl methyl sites for hydroxylation is 2. The molecule has 1 heterocycles. The van der Waals surface area contributed by atoms with Crippen molar-refractivity contribution in [3.63, 3.8) is 0 Å². The first-order chi connectivity index (χ1) is 17.3. The summed E-state index contributed by atoms with van der Waals surface area (Å²) < 4.78 is 0. The second kappa shape index (κ2) is 16.3. The van der Waals surface area contributed by atoms with Crippen LogP contribution in [0.2, 0.25) is 0 Å². The summed E-state index contributed by atoms with van der Waals surface area (Å²) in [5, 5.41) is 0. The molecule has 3 rings (SSSR count). The number of aromatic nitrogens is 1. The summed E-state index contributed by atoms with van der Waals surface area (Å²) >= 11 is 0. The van der Waals surface area contributed by atoms with E-state index in [1.54, 1.807) is 0 Å². The molecule has 0 aliphatic rings. The minimum atomic E-state index is 1.05. The third-order valence-corrected chi connectivity index (χ3v) is 7.19. The predicted molar refractivity (Wildman–Crippen MR) is 154 cm³/mol. The van der Waals surface area contributed by atoms with Crippen LogP contribution in [0, 0.1) is 0 Å². The highest BCUT2D eigenvalue weighted by atomic mass is 14.7. The van der Waals surface area contributed by atoms with E-state index in [-0.39, 0.29) is 0 Å². The van der Waals surface area contributed by atoms with Gasteiger partial charge in [0, 0.05) is 17.3 Å². The van der Waals surface area contributed by atoms with Crippen LogP contribution in [0.4, 0.5) is 0 Å². The molecular formula is C34H47N. The van der Waals surface area contributed by atoms with Gasteiger partial charge in [0.1, 0.15) is 0 Å². The van der Waals surface area contributed by atoms with Gasteiger partial charge < -0.3 is 0 Å². The fourth-order valence-electron chi connectivity index (χ4n) is 4.84. The fourth-order valence-corrected chi connectivity index (χ4v) is 4.84. The van der Waals surface area contributed by atoms with Gasteiger partial charge >= 0.3 is 0 Å². The second-order valence-corrected chi connectivity index (χ2v) is 10.2. The van der Waals surface area contributed by atoms with Crippen molar-refractivity contribution in [3.8, 4) is 22.4 Å². The maximum Gasteiger partial charge on any atom is 0.0702 e. The molecule has 0 unspecified atom stereocenters. The Labute approximate surface area is 215 Å². The molecule has 0 spiro atoms. The molecule has 35 heavy (non-hydrogen) atoms. The molecule has 0 bridgehead atoms. The molecule has 0 saturated carbocycles. The summed E-state index contributed by atoms with van der Waals surface area (Å²) in [5.74, 6) is 0. The van der Waals surface area contributed by atoms with Crippen LogP contribution in [0.15, 0.2) is 66.9 Å². The average Bonchev–Trinajstić information content (AvgIpc) is 2.91. The van der Waals surface area contributed by atoms with Gasteiger partial charge in [0.05, 0.1) is 5.69 Å². The van der Waals surface area contributed by atoms with Crippen molar-refractivity contribution in [2.75, 3.05) is 0 Å². The maximum atomic E-state index is 4.77.